The van der Waals surface area contributed by atoms with E-state index in [9.17, 15) is 8.78 Å². The highest BCUT2D eigenvalue weighted by atomic mass is 28.3. The first-order chi connectivity index (χ1) is 11.7. The zero-order valence-corrected chi connectivity index (χ0v) is 16.2. The Labute approximate surface area is 147 Å². The predicted molar refractivity (Wildman–Crippen MR) is 100 cm³/mol. The van der Waals surface area contributed by atoms with Gasteiger partial charge in [0.1, 0.15) is 0 Å². The van der Waals surface area contributed by atoms with Gasteiger partial charge >= 0.3 is 0 Å². The smallest absolute Gasteiger partial charge is 0.159 e. The fourth-order valence-electron chi connectivity index (χ4n) is 4.95. The van der Waals surface area contributed by atoms with Crippen LogP contribution in [0, 0.1) is 23.5 Å². The van der Waals surface area contributed by atoms with Crippen LogP contribution in [0.25, 0.3) is 0 Å². The Morgan fingerprint density at radius 2 is 1.50 bits per heavy atom. The molecular weight excluding hydrogens is 318 g/mol. The third kappa shape index (κ3) is 4.68. The third-order valence-electron chi connectivity index (χ3n) is 6.79. The molecule has 0 bridgehead atoms. The monoisotopic (exact) mass is 350 g/mol. The lowest BCUT2D eigenvalue weighted by Gasteiger charge is -2.31. The normalized spacial score (nSPS) is 31.1. The number of benzene rings is 1. The number of halogens is 2. The molecule has 0 amide bonds. The van der Waals surface area contributed by atoms with Crippen LogP contribution >= 0.6 is 0 Å². The molecule has 0 atom stereocenters. The zero-order valence-electron chi connectivity index (χ0n) is 15.1. The van der Waals surface area contributed by atoms with Crippen LogP contribution in [0.3, 0.4) is 0 Å². The van der Waals surface area contributed by atoms with Gasteiger partial charge in [-0.05, 0) is 61.1 Å². The summed E-state index contributed by atoms with van der Waals surface area (Å²) in [4.78, 5) is 0. The Morgan fingerprint density at radius 1 is 0.875 bits per heavy atom. The molecule has 0 N–H and O–H groups in total. The molecule has 1 saturated carbocycles. The van der Waals surface area contributed by atoms with Gasteiger partial charge in [0.15, 0.2) is 11.6 Å². The summed E-state index contributed by atoms with van der Waals surface area (Å²) in [6.07, 6.45) is 10.7. The van der Waals surface area contributed by atoms with Crippen LogP contribution in [-0.4, -0.2) is 8.80 Å². The summed E-state index contributed by atoms with van der Waals surface area (Å²) >= 11 is 0. The predicted octanol–water partition coefficient (Wildman–Crippen LogP) is 6.68. The Hall–Kier alpha value is -0.703. The van der Waals surface area contributed by atoms with Crippen molar-refractivity contribution in [1.29, 1.82) is 0 Å². The maximum absolute atomic E-state index is 13.4. The molecule has 1 heterocycles. The first-order valence-electron chi connectivity index (χ1n) is 10.1. The molecule has 1 aromatic rings. The van der Waals surface area contributed by atoms with E-state index in [1.54, 1.807) is 18.2 Å². The van der Waals surface area contributed by atoms with E-state index in [2.05, 4.69) is 6.92 Å². The van der Waals surface area contributed by atoms with E-state index in [4.69, 9.17) is 0 Å². The maximum Gasteiger partial charge on any atom is 0.159 e. The van der Waals surface area contributed by atoms with Crippen LogP contribution in [0.15, 0.2) is 18.2 Å². The molecule has 2 fully saturated rings. The molecule has 3 rings (SSSR count). The summed E-state index contributed by atoms with van der Waals surface area (Å²) in [5.74, 6) is 0.883. The summed E-state index contributed by atoms with van der Waals surface area (Å²) in [6.45, 7) is 2.39. The third-order valence-corrected chi connectivity index (χ3v) is 10.2. The van der Waals surface area contributed by atoms with Crippen molar-refractivity contribution in [3.05, 3.63) is 35.4 Å². The largest absolute Gasteiger partial charge is 0.204 e. The molecule has 0 nitrogen and oxygen atoms in total. The Morgan fingerprint density at radius 3 is 2.08 bits per heavy atom. The highest BCUT2D eigenvalue weighted by Crippen LogP contribution is 2.39. The second-order valence-electron chi connectivity index (χ2n) is 8.26. The van der Waals surface area contributed by atoms with Gasteiger partial charge in [0, 0.05) is 8.80 Å². The molecule has 1 saturated heterocycles. The van der Waals surface area contributed by atoms with Gasteiger partial charge in [0.2, 0.25) is 0 Å². The van der Waals surface area contributed by atoms with Crippen LogP contribution in [0.1, 0.15) is 69.8 Å². The summed E-state index contributed by atoms with van der Waals surface area (Å²) in [7, 11) is -0.311. The molecular formula is C21H32F2Si. The zero-order chi connectivity index (χ0) is 16.9. The molecule has 3 heteroatoms. The quantitative estimate of drug-likeness (QED) is 0.520. The fraction of sp³-hybridized carbons (Fsp3) is 0.714. The van der Waals surface area contributed by atoms with E-state index in [-0.39, 0.29) is 8.80 Å². The van der Waals surface area contributed by atoms with Crippen molar-refractivity contribution in [3.63, 3.8) is 0 Å². The fourth-order valence-corrected chi connectivity index (χ4v) is 7.94. The van der Waals surface area contributed by atoms with Crippen molar-refractivity contribution in [2.24, 2.45) is 11.8 Å². The summed E-state index contributed by atoms with van der Waals surface area (Å²) < 4.78 is 26.5. The lowest BCUT2D eigenvalue weighted by molar-refractivity contribution is 0.280. The van der Waals surface area contributed by atoms with E-state index < -0.39 is 11.6 Å². The molecule has 2 aliphatic rings. The van der Waals surface area contributed by atoms with Crippen LogP contribution in [0.4, 0.5) is 8.78 Å². The number of hydrogen-bond donors (Lipinski definition) is 0. The van der Waals surface area contributed by atoms with Gasteiger partial charge in [-0.1, -0.05) is 56.8 Å². The standard InChI is InChI=1S/C21H32F2Si/c1-2-24-13-11-17(12-14-24)4-3-16-5-7-18(8-6-16)19-9-10-20(22)21(23)15-19/h9-10,15-18,24H,2-8,11-14H2,1H3/t16-,17-,18-,24-. The maximum atomic E-state index is 13.4. The van der Waals surface area contributed by atoms with Gasteiger partial charge in [-0.3, -0.25) is 0 Å². The molecule has 0 unspecified atom stereocenters. The van der Waals surface area contributed by atoms with E-state index in [0.29, 0.717) is 5.92 Å². The Balaban J connectivity index is 1.40. The average molecular weight is 351 g/mol. The van der Waals surface area contributed by atoms with Crippen LogP contribution in [0.5, 0.6) is 0 Å². The van der Waals surface area contributed by atoms with Crippen LogP contribution in [0.2, 0.25) is 18.1 Å². The molecule has 0 spiro atoms. The first kappa shape index (κ1) is 18.1. The minimum atomic E-state index is -0.728. The molecule has 0 aromatic heterocycles. The highest BCUT2D eigenvalue weighted by molar-refractivity contribution is 6.58. The minimum Gasteiger partial charge on any atom is -0.204 e. The topological polar surface area (TPSA) is 0 Å². The highest BCUT2D eigenvalue weighted by Gasteiger charge is 2.25. The second-order valence-corrected chi connectivity index (χ2v) is 12.0. The lowest BCUT2D eigenvalue weighted by atomic mass is 9.76. The van der Waals surface area contributed by atoms with Gasteiger partial charge in [0.05, 0.1) is 0 Å². The molecule has 1 aliphatic heterocycles. The van der Waals surface area contributed by atoms with Gasteiger partial charge in [-0.15, -0.1) is 0 Å². The summed E-state index contributed by atoms with van der Waals surface area (Å²) in [5, 5.41) is 0. The molecule has 1 aromatic carbocycles. The molecule has 0 radical (unpaired) electrons. The Bertz CT molecular complexity index is 515. The molecule has 1 aliphatic carbocycles. The van der Waals surface area contributed by atoms with E-state index in [1.165, 1.54) is 56.7 Å². The first-order valence-corrected chi connectivity index (χ1v) is 12.6. The average Bonchev–Trinajstić information content (AvgIpc) is 2.63. The summed E-state index contributed by atoms with van der Waals surface area (Å²) in [6, 6.07) is 9.15. The van der Waals surface area contributed by atoms with Crippen molar-refractivity contribution >= 4 is 8.80 Å². The van der Waals surface area contributed by atoms with Gasteiger partial charge in [-0.2, -0.15) is 0 Å². The van der Waals surface area contributed by atoms with Crippen molar-refractivity contribution in [2.75, 3.05) is 0 Å². The summed E-state index contributed by atoms with van der Waals surface area (Å²) in [5.41, 5.74) is 0.996. The van der Waals surface area contributed by atoms with Crippen molar-refractivity contribution in [3.8, 4) is 0 Å². The number of rotatable bonds is 5. The van der Waals surface area contributed by atoms with Gasteiger partial charge < -0.3 is 0 Å². The van der Waals surface area contributed by atoms with Crippen molar-refractivity contribution in [1.82, 2.24) is 0 Å². The van der Waals surface area contributed by atoms with Crippen LogP contribution < -0.4 is 0 Å². The molecule has 24 heavy (non-hydrogen) atoms. The van der Waals surface area contributed by atoms with Crippen molar-refractivity contribution in [2.45, 2.75) is 82.3 Å². The minimum absolute atomic E-state index is 0.311. The van der Waals surface area contributed by atoms with E-state index in [1.807, 2.05) is 0 Å². The van der Waals surface area contributed by atoms with Crippen LogP contribution in [-0.2, 0) is 0 Å². The van der Waals surface area contributed by atoms with Gasteiger partial charge in [-0.25, -0.2) is 8.78 Å². The molecule has 134 valence electrons. The Kier molecular flexibility index (Phi) is 6.48. The van der Waals surface area contributed by atoms with Gasteiger partial charge in [0.25, 0.3) is 0 Å². The SMILES string of the molecule is CC[Si@H]1CC[C@H](CC[C@H]2CC[C@H](c3ccc(F)c(F)c3)CC2)CC1. The van der Waals surface area contributed by atoms with E-state index in [0.717, 1.165) is 30.2 Å². The number of hydrogen-bond acceptors (Lipinski definition) is 0. The van der Waals surface area contributed by atoms with Crippen molar-refractivity contribution < 1.29 is 8.78 Å². The second kappa shape index (κ2) is 8.60. The lowest BCUT2D eigenvalue weighted by Crippen LogP contribution is -2.21. The van der Waals surface area contributed by atoms with E-state index >= 15 is 0 Å².